The lowest BCUT2D eigenvalue weighted by Gasteiger charge is -2.18. The molecule has 2 atom stereocenters. The van der Waals surface area contributed by atoms with Gasteiger partial charge in [-0.1, -0.05) is 0 Å². The van der Waals surface area contributed by atoms with Gasteiger partial charge in [0.05, 0.1) is 9.67 Å². The highest BCUT2D eigenvalue weighted by Gasteiger charge is 2.29. The van der Waals surface area contributed by atoms with Crippen molar-refractivity contribution in [2.75, 3.05) is 13.1 Å². The monoisotopic (exact) mass is 361 g/mol. The molecule has 0 saturated carbocycles. The third kappa shape index (κ3) is 2.77. The Labute approximate surface area is 120 Å². The number of carbonyl (C=O) groups is 1. The molecule has 2 N–H and O–H groups in total. The molecular weight excluding hydrogens is 345 g/mol. The SMILES string of the molecule is CC(O)C1CCN(C(=O)c2ccc(I)c(O)c2)C1. The number of nitrogens with zero attached hydrogens (tertiary/aromatic N) is 1. The number of rotatable bonds is 2. The zero-order valence-electron chi connectivity index (χ0n) is 10.1. The van der Waals surface area contributed by atoms with E-state index in [-0.39, 0.29) is 23.7 Å². The highest BCUT2D eigenvalue weighted by Crippen LogP contribution is 2.24. The standard InChI is InChI=1S/C13H16INO3/c1-8(16)10-4-5-15(7-10)13(18)9-2-3-11(14)12(17)6-9/h2-3,6,8,10,16-17H,4-5,7H2,1H3. The highest BCUT2D eigenvalue weighted by molar-refractivity contribution is 14.1. The van der Waals surface area contributed by atoms with Gasteiger partial charge in [0.2, 0.25) is 0 Å². The first kappa shape index (κ1) is 13.6. The Balaban J connectivity index is 2.10. The molecule has 1 amide bonds. The van der Waals surface area contributed by atoms with Gasteiger partial charge in [-0.3, -0.25) is 4.79 Å². The molecule has 2 unspecified atom stereocenters. The fourth-order valence-corrected chi connectivity index (χ4v) is 2.53. The summed E-state index contributed by atoms with van der Waals surface area (Å²) in [6.07, 6.45) is 0.452. The Kier molecular flexibility index (Phi) is 4.11. The first-order valence-electron chi connectivity index (χ1n) is 5.95. The van der Waals surface area contributed by atoms with E-state index in [0.717, 1.165) is 9.99 Å². The minimum atomic E-state index is -0.382. The Bertz CT molecular complexity index is 462. The lowest BCUT2D eigenvalue weighted by Crippen LogP contribution is -2.30. The summed E-state index contributed by atoms with van der Waals surface area (Å²) < 4.78 is 0.729. The van der Waals surface area contributed by atoms with Crippen LogP contribution in [0.1, 0.15) is 23.7 Å². The highest BCUT2D eigenvalue weighted by atomic mass is 127. The van der Waals surface area contributed by atoms with Gasteiger partial charge in [0.1, 0.15) is 5.75 Å². The van der Waals surface area contributed by atoms with Crippen LogP contribution in [0.4, 0.5) is 0 Å². The first-order chi connectivity index (χ1) is 8.49. The van der Waals surface area contributed by atoms with Crippen LogP contribution in [0.2, 0.25) is 0 Å². The van der Waals surface area contributed by atoms with Crippen LogP contribution in [0.5, 0.6) is 5.75 Å². The number of aliphatic hydroxyl groups excluding tert-OH is 1. The smallest absolute Gasteiger partial charge is 0.253 e. The number of hydrogen-bond donors (Lipinski definition) is 2. The third-order valence-corrected chi connectivity index (χ3v) is 4.30. The number of hydrogen-bond acceptors (Lipinski definition) is 3. The molecule has 98 valence electrons. The van der Waals surface area contributed by atoms with Crippen LogP contribution in [0.15, 0.2) is 18.2 Å². The predicted molar refractivity (Wildman–Crippen MR) is 76.5 cm³/mol. The number of carbonyl (C=O) groups excluding carboxylic acids is 1. The Hall–Kier alpha value is -0.820. The number of phenolic OH excluding ortho intramolecular Hbond substituents is 1. The maximum Gasteiger partial charge on any atom is 0.253 e. The number of phenols is 1. The van der Waals surface area contributed by atoms with E-state index < -0.39 is 0 Å². The summed E-state index contributed by atoms with van der Waals surface area (Å²) >= 11 is 2.02. The van der Waals surface area contributed by atoms with Crippen molar-refractivity contribution >= 4 is 28.5 Å². The normalized spacial score (nSPS) is 21.1. The molecule has 5 heteroatoms. The molecule has 4 nitrogen and oxygen atoms in total. The van der Waals surface area contributed by atoms with Crippen molar-refractivity contribution in [3.63, 3.8) is 0 Å². The molecule has 2 rings (SSSR count). The molecule has 1 aromatic carbocycles. The number of halogens is 1. The third-order valence-electron chi connectivity index (χ3n) is 3.39. The minimum Gasteiger partial charge on any atom is -0.507 e. The number of amides is 1. The van der Waals surface area contributed by atoms with E-state index in [1.807, 2.05) is 22.6 Å². The van der Waals surface area contributed by atoms with Crippen molar-refractivity contribution in [3.05, 3.63) is 27.3 Å². The van der Waals surface area contributed by atoms with E-state index in [9.17, 15) is 15.0 Å². The van der Waals surface area contributed by atoms with Crippen LogP contribution in [0, 0.1) is 9.49 Å². The van der Waals surface area contributed by atoms with Crippen LogP contribution in [0.3, 0.4) is 0 Å². The Morgan fingerprint density at radius 3 is 2.83 bits per heavy atom. The molecular formula is C13H16INO3. The molecule has 0 aromatic heterocycles. The summed E-state index contributed by atoms with van der Waals surface area (Å²) in [5, 5.41) is 19.1. The second-order valence-corrected chi connectivity index (χ2v) is 5.87. The lowest BCUT2D eigenvalue weighted by molar-refractivity contribution is 0.0762. The molecule has 1 heterocycles. The van der Waals surface area contributed by atoms with Crippen molar-refractivity contribution in [1.29, 1.82) is 0 Å². The largest absolute Gasteiger partial charge is 0.507 e. The van der Waals surface area contributed by atoms with Gasteiger partial charge >= 0.3 is 0 Å². The zero-order chi connectivity index (χ0) is 13.3. The fraction of sp³-hybridized carbons (Fsp3) is 0.462. The maximum absolute atomic E-state index is 12.2. The van der Waals surface area contributed by atoms with Gasteiger partial charge in [0.15, 0.2) is 0 Å². The summed E-state index contributed by atoms with van der Waals surface area (Å²) in [7, 11) is 0. The topological polar surface area (TPSA) is 60.8 Å². The molecule has 1 aliphatic rings. The summed E-state index contributed by atoms with van der Waals surface area (Å²) in [4.78, 5) is 13.9. The van der Waals surface area contributed by atoms with Crippen LogP contribution >= 0.6 is 22.6 Å². The molecule has 18 heavy (non-hydrogen) atoms. The summed E-state index contributed by atoms with van der Waals surface area (Å²) in [6.45, 7) is 3.01. The van der Waals surface area contributed by atoms with Gasteiger partial charge in [-0.25, -0.2) is 0 Å². The second-order valence-electron chi connectivity index (χ2n) is 4.71. The lowest BCUT2D eigenvalue weighted by atomic mass is 10.0. The van der Waals surface area contributed by atoms with E-state index in [1.54, 1.807) is 24.0 Å². The van der Waals surface area contributed by atoms with Gasteiger partial charge in [-0.2, -0.15) is 0 Å². The van der Waals surface area contributed by atoms with E-state index >= 15 is 0 Å². The average Bonchev–Trinajstić information content (AvgIpc) is 2.81. The molecule has 0 spiro atoms. The molecule has 0 aliphatic carbocycles. The minimum absolute atomic E-state index is 0.0788. The molecule has 0 radical (unpaired) electrons. The van der Waals surface area contributed by atoms with Gasteiger partial charge in [0.25, 0.3) is 5.91 Å². The number of aromatic hydroxyl groups is 1. The van der Waals surface area contributed by atoms with E-state index in [0.29, 0.717) is 18.7 Å². The van der Waals surface area contributed by atoms with Crippen molar-refractivity contribution in [2.45, 2.75) is 19.4 Å². The number of aliphatic hydroxyl groups is 1. The van der Waals surface area contributed by atoms with Crippen molar-refractivity contribution in [1.82, 2.24) is 4.90 Å². The fourth-order valence-electron chi connectivity index (χ4n) is 2.19. The summed E-state index contributed by atoms with van der Waals surface area (Å²) in [5.74, 6) is 0.212. The number of likely N-dealkylation sites (tertiary alicyclic amines) is 1. The first-order valence-corrected chi connectivity index (χ1v) is 7.02. The molecule has 1 aromatic rings. The van der Waals surface area contributed by atoms with Gasteiger partial charge in [-0.05, 0) is 54.1 Å². The van der Waals surface area contributed by atoms with Crippen molar-refractivity contribution in [2.24, 2.45) is 5.92 Å². The second kappa shape index (κ2) is 5.44. The molecule has 1 fully saturated rings. The Morgan fingerprint density at radius 2 is 2.28 bits per heavy atom. The van der Waals surface area contributed by atoms with Crippen molar-refractivity contribution in [3.8, 4) is 5.75 Å². The summed E-state index contributed by atoms with van der Waals surface area (Å²) in [5.41, 5.74) is 0.499. The van der Waals surface area contributed by atoms with Gasteiger partial charge in [0, 0.05) is 24.6 Å². The predicted octanol–water partition coefficient (Wildman–Crippen LogP) is 1.84. The van der Waals surface area contributed by atoms with Crippen molar-refractivity contribution < 1.29 is 15.0 Å². The van der Waals surface area contributed by atoms with Crippen LogP contribution in [-0.2, 0) is 0 Å². The van der Waals surface area contributed by atoms with Crippen LogP contribution < -0.4 is 0 Å². The van der Waals surface area contributed by atoms with Gasteiger partial charge in [-0.15, -0.1) is 0 Å². The Morgan fingerprint density at radius 1 is 1.56 bits per heavy atom. The van der Waals surface area contributed by atoms with E-state index in [4.69, 9.17) is 0 Å². The quantitative estimate of drug-likeness (QED) is 0.791. The van der Waals surface area contributed by atoms with Crippen LogP contribution in [-0.4, -0.2) is 40.2 Å². The van der Waals surface area contributed by atoms with E-state index in [1.165, 1.54) is 6.07 Å². The molecule has 1 saturated heterocycles. The molecule has 0 bridgehead atoms. The summed E-state index contributed by atoms with van der Waals surface area (Å²) in [6, 6.07) is 4.95. The van der Waals surface area contributed by atoms with Crippen LogP contribution in [0.25, 0.3) is 0 Å². The van der Waals surface area contributed by atoms with Gasteiger partial charge < -0.3 is 15.1 Å². The maximum atomic E-state index is 12.2. The number of benzene rings is 1. The molecule has 1 aliphatic heterocycles. The average molecular weight is 361 g/mol. The van der Waals surface area contributed by atoms with E-state index in [2.05, 4.69) is 0 Å². The zero-order valence-corrected chi connectivity index (χ0v) is 12.3.